The van der Waals surface area contributed by atoms with Gasteiger partial charge >= 0.3 is 0 Å². The molecule has 1 aromatic carbocycles. The van der Waals surface area contributed by atoms with Crippen LogP contribution in [0.2, 0.25) is 0 Å². The summed E-state index contributed by atoms with van der Waals surface area (Å²) in [5, 5.41) is 3.12. The van der Waals surface area contributed by atoms with Crippen molar-refractivity contribution in [3.63, 3.8) is 0 Å². The summed E-state index contributed by atoms with van der Waals surface area (Å²) in [7, 11) is -1.62. The number of nitrogens with one attached hydrogen (secondary N) is 1. The smallest absolute Gasteiger partial charge is 0.243 e. The lowest BCUT2D eigenvalue weighted by Crippen LogP contribution is -2.34. The standard InChI is InChI=1S/C15H26N2O3S/c1-5-17(10-11-20-6-2)21(18,19)15-9-7-8-14(12-15)13(3)16-4/h7-9,12-13,16H,5-6,10-11H2,1-4H3. The molecule has 6 heteroatoms. The van der Waals surface area contributed by atoms with E-state index in [0.29, 0.717) is 31.2 Å². The maximum Gasteiger partial charge on any atom is 0.243 e. The predicted octanol–water partition coefficient (Wildman–Crippen LogP) is 2.01. The Morgan fingerprint density at radius 1 is 1.33 bits per heavy atom. The summed E-state index contributed by atoms with van der Waals surface area (Å²) in [6.45, 7) is 7.54. The molecule has 5 nitrogen and oxygen atoms in total. The van der Waals surface area contributed by atoms with E-state index in [2.05, 4.69) is 5.32 Å². The predicted molar refractivity (Wildman–Crippen MR) is 84.8 cm³/mol. The van der Waals surface area contributed by atoms with E-state index in [1.807, 2.05) is 33.9 Å². The molecule has 1 aromatic rings. The van der Waals surface area contributed by atoms with Crippen LogP contribution in [0.5, 0.6) is 0 Å². The minimum absolute atomic E-state index is 0.110. The molecule has 0 heterocycles. The highest BCUT2D eigenvalue weighted by molar-refractivity contribution is 7.89. The molecule has 120 valence electrons. The highest BCUT2D eigenvalue weighted by atomic mass is 32.2. The Hall–Kier alpha value is -0.950. The van der Waals surface area contributed by atoms with E-state index in [9.17, 15) is 8.42 Å². The third-order valence-corrected chi connectivity index (χ3v) is 5.44. The van der Waals surface area contributed by atoms with Crippen LogP contribution in [0.4, 0.5) is 0 Å². The molecule has 0 aliphatic rings. The molecule has 1 N–H and O–H groups in total. The molecule has 0 spiro atoms. The van der Waals surface area contributed by atoms with Crippen molar-refractivity contribution in [2.45, 2.75) is 31.7 Å². The topological polar surface area (TPSA) is 58.6 Å². The van der Waals surface area contributed by atoms with Crippen molar-refractivity contribution in [1.29, 1.82) is 0 Å². The summed E-state index contributed by atoms with van der Waals surface area (Å²) in [6, 6.07) is 7.20. The van der Waals surface area contributed by atoms with Gasteiger partial charge in [0.15, 0.2) is 0 Å². The molecule has 0 fully saturated rings. The molecular formula is C15H26N2O3S. The summed E-state index contributed by atoms with van der Waals surface area (Å²) >= 11 is 0. The first kappa shape index (κ1) is 18.1. The Bertz CT molecular complexity index is 531. The molecular weight excluding hydrogens is 288 g/mol. The van der Waals surface area contributed by atoms with Gasteiger partial charge in [0.1, 0.15) is 0 Å². The molecule has 0 bridgehead atoms. The average Bonchev–Trinajstić information content (AvgIpc) is 2.50. The largest absolute Gasteiger partial charge is 0.380 e. The molecule has 21 heavy (non-hydrogen) atoms. The highest BCUT2D eigenvalue weighted by Gasteiger charge is 2.23. The summed E-state index contributed by atoms with van der Waals surface area (Å²) in [5.74, 6) is 0. The van der Waals surface area contributed by atoms with Crippen molar-refractivity contribution in [2.24, 2.45) is 0 Å². The van der Waals surface area contributed by atoms with Gasteiger partial charge in [0, 0.05) is 25.7 Å². The van der Waals surface area contributed by atoms with Gasteiger partial charge in [-0.3, -0.25) is 0 Å². The monoisotopic (exact) mass is 314 g/mol. The van der Waals surface area contributed by atoms with Gasteiger partial charge in [-0.2, -0.15) is 4.31 Å². The zero-order valence-electron chi connectivity index (χ0n) is 13.3. The van der Waals surface area contributed by atoms with Crippen LogP contribution in [-0.4, -0.2) is 46.1 Å². The highest BCUT2D eigenvalue weighted by Crippen LogP contribution is 2.20. The van der Waals surface area contributed by atoms with Crippen LogP contribution < -0.4 is 5.32 Å². The Morgan fingerprint density at radius 2 is 2.05 bits per heavy atom. The maximum atomic E-state index is 12.7. The fraction of sp³-hybridized carbons (Fsp3) is 0.600. The van der Waals surface area contributed by atoms with E-state index in [0.717, 1.165) is 5.56 Å². The minimum atomic E-state index is -3.47. The Morgan fingerprint density at radius 3 is 2.62 bits per heavy atom. The Kier molecular flexibility index (Phi) is 7.31. The summed E-state index contributed by atoms with van der Waals surface area (Å²) in [4.78, 5) is 0.334. The molecule has 0 saturated heterocycles. The van der Waals surface area contributed by atoms with Crippen LogP contribution >= 0.6 is 0 Å². The van der Waals surface area contributed by atoms with E-state index in [-0.39, 0.29) is 6.04 Å². The van der Waals surface area contributed by atoms with Crippen LogP contribution in [-0.2, 0) is 14.8 Å². The van der Waals surface area contributed by atoms with Gasteiger partial charge in [-0.05, 0) is 38.6 Å². The van der Waals surface area contributed by atoms with Crippen molar-refractivity contribution in [1.82, 2.24) is 9.62 Å². The summed E-state index contributed by atoms with van der Waals surface area (Å²) < 4.78 is 32.1. The van der Waals surface area contributed by atoms with Crippen molar-refractivity contribution < 1.29 is 13.2 Å². The molecule has 0 radical (unpaired) electrons. The van der Waals surface area contributed by atoms with Gasteiger partial charge < -0.3 is 10.1 Å². The van der Waals surface area contributed by atoms with E-state index in [1.54, 1.807) is 18.2 Å². The van der Waals surface area contributed by atoms with Gasteiger partial charge in [0.2, 0.25) is 10.0 Å². The van der Waals surface area contributed by atoms with Crippen molar-refractivity contribution >= 4 is 10.0 Å². The van der Waals surface area contributed by atoms with Crippen molar-refractivity contribution in [3.05, 3.63) is 29.8 Å². The summed E-state index contributed by atoms with van der Waals surface area (Å²) in [6.07, 6.45) is 0. The zero-order valence-corrected chi connectivity index (χ0v) is 14.1. The molecule has 1 unspecified atom stereocenters. The van der Waals surface area contributed by atoms with Crippen LogP contribution in [0, 0.1) is 0 Å². The van der Waals surface area contributed by atoms with Gasteiger partial charge in [0.25, 0.3) is 0 Å². The van der Waals surface area contributed by atoms with Crippen molar-refractivity contribution in [2.75, 3.05) is 33.4 Å². The first-order chi connectivity index (χ1) is 9.97. The number of hydrogen-bond donors (Lipinski definition) is 1. The van der Waals surface area contributed by atoms with Crippen molar-refractivity contribution in [3.8, 4) is 0 Å². The lowest BCUT2D eigenvalue weighted by molar-refractivity contribution is 0.135. The number of hydrogen-bond acceptors (Lipinski definition) is 4. The van der Waals surface area contributed by atoms with E-state index in [4.69, 9.17) is 4.74 Å². The number of sulfonamides is 1. The number of benzene rings is 1. The first-order valence-corrected chi connectivity index (χ1v) is 8.76. The minimum Gasteiger partial charge on any atom is -0.380 e. The van der Waals surface area contributed by atoms with Gasteiger partial charge in [0.05, 0.1) is 11.5 Å². The number of ether oxygens (including phenoxy) is 1. The second-order valence-electron chi connectivity index (χ2n) is 4.78. The normalized spacial score (nSPS) is 13.6. The third kappa shape index (κ3) is 4.78. The Balaban J connectivity index is 2.99. The molecule has 0 saturated carbocycles. The number of likely N-dealkylation sites (N-methyl/N-ethyl adjacent to an activating group) is 1. The number of rotatable bonds is 9. The van der Waals surface area contributed by atoms with E-state index in [1.165, 1.54) is 4.31 Å². The second-order valence-corrected chi connectivity index (χ2v) is 6.71. The molecule has 0 amide bonds. The van der Waals surface area contributed by atoms with Gasteiger partial charge in [-0.15, -0.1) is 0 Å². The Labute approximate surface area is 128 Å². The fourth-order valence-corrected chi connectivity index (χ4v) is 3.51. The van der Waals surface area contributed by atoms with Crippen LogP contribution in [0.1, 0.15) is 32.4 Å². The van der Waals surface area contributed by atoms with E-state index >= 15 is 0 Å². The maximum absolute atomic E-state index is 12.7. The quantitative estimate of drug-likeness (QED) is 0.709. The molecule has 0 aromatic heterocycles. The fourth-order valence-electron chi connectivity index (χ4n) is 2.02. The second kappa shape index (κ2) is 8.48. The third-order valence-electron chi connectivity index (χ3n) is 3.47. The first-order valence-electron chi connectivity index (χ1n) is 7.32. The molecule has 0 aliphatic heterocycles. The lowest BCUT2D eigenvalue weighted by atomic mass is 10.1. The van der Waals surface area contributed by atoms with E-state index < -0.39 is 10.0 Å². The van der Waals surface area contributed by atoms with Crippen LogP contribution in [0.15, 0.2) is 29.2 Å². The zero-order chi connectivity index (χ0) is 15.9. The lowest BCUT2D eigenvalue weighted by Gasteiger charge is -2.21. The van der Waals surface area contributed by atoms with Crippen LogP contribution in [0.3, 0.4) is 0 Å². The van der Waals surface area contributed by atoms with Gasteiger partial charge in [-0.25, -0.2) is 8.42 Å². The SMILES string of the molecule is CCOCCN(CC)S(=O)(=O)c1cccc(C(C)NC)c1. The molecule has 1 rings (SSSR count). The summed E-state index contributed by atoms with van der Waals surface area (Å²) in [5.41, 5.74) is 0.958. The number of nitrogens with zero attached hydrogens (tertiary/aromatic N) is 1. The average molecular weight is 314 g/mol. The molecule has 0 aliphatic carbocycles. The van der Waals surface area contributed by atoms with Gasteiger partial charge in [-0.1, -0.05) is 19.1 Å². The molecule has 1 atom stereocenters. The van der Waals surface area contributed by atoms with Crippen LogP contribution in [0.25, 0.3) is 0 Å².